The lowest BCUT2D eigenvalue weighted by molar-refractivity contribution is 0.0694. The number of aromatic carboxylic acids is 1. The third-order valence-corrected chi connectivity index (χ3v) is 2.01. The highest BCUT2D eigenvalue weighted by Crippen LogP contribution is 2.20. The van der Waals surface area contributed by atoms with Crippen LogP contribution in [0.5, 0.6) is 5.75 Å². The van der Waals surface area contributed by atoms with Gasteiger partial charge in [0, 0.05) is 18.5 Å². The highest BCUT2D eigenvalue weighted by Gasteiger charge is 2.09. The predicted molar refractivity (Wildman–Crippen MR) is 52.2 cm³/mol. The summed E-state index contributed by atoms with van der Waals surface area (Å²) in [5.74, 6) is -1.40. The van der Waals surface area contributed by atoms with E-state index >= 15 is 0 Å². The van der Waals surface area contributed by atoms with E-state index in [4.69, 9.17) is 5.11 Å². The summed E-state index contributed by atoms with van der Waals surface area (Å²) < 4.78 is 1.67. The van der Waals surface area contributed by atoms with E-state index in [-0.39, 0.29) is 11.3 Å². The number of aromatic hydroxyl groups is 1. The van der Waals surface area contributed by atoms with Crippen molar-refractivity contribution in [2.45, 2.75) is 0 Å². The van der Waals surface area contributed by atoms with Crippen molar-refractivity contribution in [2.24, 2.45) is 0 Å². The minimum absolute atomic E-state index is 0.112. The molecule has 0 spiro atoms. The maximum atomic E-state index is 10.6. The number of aromatic nitrogens is 2. The molecule has 1 aromatic heterocycles. The molecule has 0 aliphatic carbocycles. The van der Waals surface area contributed by atoms with E-state index in [0.717, 1.165) is 0 Å². The number of phenols is 1. The molecule has 0 aliphatic heterocycles. The molecule has 1 aromatic carbocycles. The molecule has 0 fully saturated rings. The minimum Gasteiger partial charge on any atom is -0.507 e. The molecule has 0 radical (unpaired) electrons. The summed E-state index contributed by atoms with van der Waals surface area (Å²) in [7, 11) is 0. The topological polar surface area (TPSA) is 75.3 Å². The van der Waals surface area contributed by atoms with Crippen molar-refractivity contribution in [2.75, 3.05) is 0 Å². The fourth-order valence-electron chi connectivity index (χ4n) is 1.27. The van der Waals surface area contributed by atoms with E-state index in [0.29, 0.717) is 5.69 Å². The van der Waals surface area contributed by atoms with Gasteiger partial charge in [-0.25, -0.2) is 9.78 Å². The lowest BCUT2D eigenvalue weighted by atomic mass is 10.2. The number of nitrogens with zero attached hydrogens (tertiary/aromatic N) is 2. The quantitative estimate of drug-likeness (QED) is 0.772. The van der Waals surface area contributed by atoms with Gasteiger partial charge in [-0.15, -0.1) is 0 Å². The monoisotopic (exact) mass is 204 g/mol. The predicted octanol–water partition coefficient (Wildman–Crippen LogP) is 1.28. The van der Waals surface area contributed by atoms with E-state index in [1.165, 1.54) is 12.1 Å². The molecule has 0 atom stereocenters. The molecule has 0 aliphatic rings. The third-order valence-electron chi connectivity index (χ3n) is 2.01. The molecule has 0 bridgehead atoms. The van der Waals surface area contributed by atoms with Crippen molar-refractivity contribution in [1.29, 1.82) is 0 Å². The zero-order valence-electron chi connectivity index (χ0n) is 7.66. The second kappa shape index (κ2) is 3.45. The van der Waals surface area contributed by atoms with E-state index in [1.807, 2.05) is 0 Å². The Morgan fingerprint density at radius 1 is 1.40 bits per heavy atom. The highest BCUT2D eigenvalue weighted by atomic mass is 16.4. The van der Waals surface area contributed by atoms with Crippen LogP contribution in [0, 0.1) is 0 Å². The van der Waals surface area contributed by atoms with Gasteiger partial charge < -0.3 is 14.8 Å². The Bertz CT molecular complexity index is 491. The van der Waals surface area contributed by atoms with Gasteiger partial charge in [-0.1, -0.05) is 0 Å². The van der Waals surface area contributed by atoms with Gasteiger partial charge in [-0.3, -0.25) is 0 Å². The first kappa shape index (κ1) is 9.26. The van der Waals surface area contributed by atoms with Gasteiger partial charge in [0.15, 0.2) is 0 Å². The standard InChI is InChI=1S/C10H8N2O3/c13-9-5-7(12-4-3-11-6-12)1-2-8(9)10(14)15/h1-6,13H,(H,14,15). The Labute approximate surface area is 85.2 Å². The molecular weight excluding hydrogens is 196 g/mol. The van der Waals surface area contributed by atoms with Crippen LogP contribution in [0.3, 0.4) is 0 Å². The van der Waals surface area contributed by atoms with Crippen LogP contribution < -0.4 is 0 Å². The molecule has 0 saturated heterocycles. The number of benzene rings is 1. The highest BCUT2D eigenvalue weighted by molar-refractivity contribution is 5.91. The maximum absolute atomic E-state index is 10.6. The van der Waals surface area contributed by atoms with Crippen LogP contribution in [0.4, 0.5) is 0 Å². The summed E-state index contributed by atoms with van der Waals surface area (Å²) in [5.41, 5.74) is 0.550. The molecule has 5 heteroatoms. The lowest BCUT2D eigenvalue weighted by Gasteiger charge is -2.04. The number of carbonyl (C=O) groups is 1. The van der Waals surface area contributed by atoms with Gasteiger partial charge >= 0.3 is 5.97 Å². The van der Waals surface area contributed by atoms with Crippen LogP contribution in [0.25, 0.3) is 5.69 Å². The van der Waals surface area contributed by atoms with E-state index < -0.39 is 5.97 Å². The zero-order chi connectivity index (χ0) is 10.8. The Balaban J connectivity index is 2.47. The number of rotatable bonds is 2. The number of imidazole rings is 1. The summed E-state index contributed by atoms with van der Waals surface area (Å²) in [6, 6.07) is 4.34. The van der Waals surface area contributed by atoms with Gasteiger partial charge in [-0.2, -0.15) is 0 Å². The molecule has 5 nitrogen and oxygen atoms in total. The second-order valence-corrected chi connectivity index (χ2v) is 2.98. The van der Waals surface area contributed by atoms with Gasteiger partial charge in [0.05, 0.1) is 12.0 Å². The fourth-order valence-corrected chi connectivity index (χ4v) is 1.27. The Morgan fingerprint density at radius 2 is 2.20 bits per heavy atom. The molecule has 0 saturated carbocycles. The smallest absolute Gasteiger partial charge is 0.339 e. The number of hydrogen-bond donors (Lipinski definition) is 2. The lowest BCUT2D eigenvalue weighted by Crippen LogP contribution is -1.98. The first-order valence-corrected chi connectivity index (χ1v) is 4.23. The average Bonchev–Trinajstić information content (AvgIpc) is 2.69. The van der Waals surface area contributed by atoms with Crippen molar-refractivity contribution < 1.29 is 15.0 Å². The summed E-state index contributed by atoms with van der Waals surface area (Å²) in [4.78, 5) is 14.5. The van der Waals surface area contributed by atoms with E-state index in [1.54, 1.807) is 29.4 Å². The molecule has 1 heterocycles. The second-order valence-electron chi connectivity index (χ2n) is 2.98. The summed E-state index contributed by atoms with van der Waals surface area (Å²) in [5, 5.41) is 18.2. The average molecular weight is 204 g/mol. The molecular formula is C10H8N2O3. The van der Waals surface area contributed by atoms with E-state index in [9.17, 15) is 9.90 Å². The molecule has 76 valence electrons. The Kier molecular flexibility index (Phi) is 2.13. The van der Waals surface area contributed by atoms with Crippen molar-refractivity contribution in [3.8, 4) is 11.4 Å². The van der Waals surface area contributed by atoms with Crippen LogP contribution in [-0.4, -0.2) is 25.7 Å². The van der Waals surface area contributed by atoms with Gasteiger partial charge in [0.1, 0.15) is 11.3 Å². The number of carboxylic acids is 1. The van der Waals surface area contributed by atoms with E-state index in [2.05, 4.69) is 4.98 Å². The first-order valence-electron chi connectivity index (χ1n) is 4.23. The van der Waals surface area contributed by atoms with Crippen LogP contribution in [0.15, 0.2) is 36.9 Å². The van der Waals surface area contributed by atoms with Crippen molar-refractivity contribution in [1.82, 2.24) is 9.55 Å². The van der Waals surface area contributed by atoms with Crippen molar-refractivity contribution >= 4 is 5.97 Å². The molecule has 2 N–H and O–H groups in total. The molecule has 0 unspecified atom stereocenters. The van der Waals surface area contributed by atoms with Gasteiger partial charge in [-0.05, 0) is 12.1 Å². The third kappa shape index (κ3) is 1.67. The first-order chi connectivity index (χ1) is 7.18. The van der Waals surface area contributed by atoms with Gasteiger partial charge in [0.2, 0.25) is 0 Å². The van der Waals surface area contributed by atoms with Crippen LogP contribution >= 0.6 is 0 Å². The normalized spacial score (nSPS) is 10.1. The van der Waals surface area contributed by atoms with Crippen molar-refractivity contribution in [3.63, 3.8) is 0 Å². The van der Waals surface area contributed by atoms with Crippen LogP contribution in [-0.2, 0) is 0 Å². The van der Waals surface area contributed by atoms with Crippen molar-refractivity contribution in [3.05, 3.63) is 42.5 Å². The molecule has 15 heavy (non-hydrogen) atoms. The summed E-state index contributed by atoms with van der Waals surface area (Å²) >= 11 is 0. The molecule has 2 rings (SSSR count). The fraction of sp³-hybridized carbons (Fsp3) is 0. The van der Waals surface area contributed by atoms with Crippen LogP contribution in [0.2, 0.25) is 0 Å². The Morgan fingerprint density at radius 3 is 2.73 bits per heavy atom. The van der Waals surface area contributed by atoms with Crippen LogP contribution in [0.1, 0.15) is 10.4 Å². The summed E-state index contributed by atoms with van der Waals surface area (Å²) in [6.45, 7) is 0. The molecule has 2 aromatic rings. The summed E-state index contributed by atoms with van der Waals surface area (Å²) in [6.07, 6.45) is 4.87. The number of carboxylic acid groups (broad SMARTS) is 1. The Hall–Kier alpha value is -2.30. The van der Waals surface area contributed by atoms with Gasteiger partial charge in [0.25, 0.3) is 0 Å². The SMILES string of the molecule is O=C(O)c1ccc(-n2ccnc2)cc1O. The number of hydrogen-bond acceptors (Lipinski definition) is 3. The minimum atomic E-state index is -1.15. The largest absolute Gasteiger partial charge is 0.507 e. The zero-order valence-corrected chi connectivity index (χ0v) is 7.66. The maximum Gasteiger partial charge on any atom is 0.339 e. The molecule has 0 amide bonds.